The highest BCUT2D eigenvalue weighted by Crippen LogP contribution is 2.51. The lowest BCUT2D eigenvalue weighted by atomic mass is 9.80. The van der Waals surface area contributed by atoms with E-state index >= 15 is 0 Å². The summed E-state index contributed by atoms with van der Waals surface area (Å²) in [5.41, 5.74) is 10.6. The van der Waals surface area contributed by atoms with E-state index in [0.717, 1.165) is 72.5 Å². The molecule has 0 radical (unpaired) electrons. The van der Waals surface area contributed by atoms with Crippen LogP contribution < -0.4 is 4.74 Å². The fourth-order valence-corrected chi connectivity index (χ4v) is 11.7. The Labute approximate surface area is 419 Å². The van der Waals surface area contributed by atoms with Crippen LogP contribution in [0.2, 0.25) is 0 Å². The largest absolute Gasteiger partial charge is 0.477 e. The number of benzene rings is 9. The van der Waals surface area contributed by atoms with Crippen LogP contribution in [0.3, 0.4) is 0 Å². The molecule has 0 amide bonds. The van der Waals surface area contributed by atoms with E-state index in [0.29, 0.717) is 34.9 Å². The van der Waals surface area contributed by atoms with Gasteiger partial charge < -0.3 is 4.74 Å². The Hall–Kier alpha value is -8.50. The van der Waals surface area contributed by atoms with Gasteiger partial charge in [-0.25, -0.2) is 29.9 Å². The normalized spacial score (nSPS) is 14.3. The summed E-state index contributed by atoms with van der Waals surface area (Å²) < 4.78 is 7.18. The van der Waals surface area contributed by atoms with Crippen LogP contribution in [0.1, 0.15) is 18.1 Å². The molecule has 0 fully saturated rings. The fourth-order valence-electron chi connectivity index (χ4n) is 9.44. The van der Waals surface area contributed by atoms with Crippen molar-refractivity contribution >= 4 is 23.5 Å². The average molecular weight is 949 g/mol. The minimum Gasteiger partial charge on any atom is -0.477 e. The van der Waals surface area contributed by atoms with E-state index in [2.05, 4.69) is 134 Å². The highest BCUT2D eigenvalue weighted by Gasteiger charge is 2.38. The third kappa shape index (κ3) is 7.95. The minimum absolute atomic E-state index is 0.509. The molecule has 13 rings (SSSR count). The maximum atomic E-state index is 7.18. The third-order valence-corrected chi connectivity index (χ3v) is 15.6. The summed E-state index contributed by atoms with van der Waals surface area (Å²) in [6.07, 6.45) is 0. The smallest absolute Gasteiger partial charge is 0.164 e. The summed E-state index contributed by atoms with van der Waals surface area (Å²) in [5.74, 6) is 4.11. The number of hydrogen-bond acceptors (Lipinski definition) is 9. The maximum Gasteiger partial charge on any atom is 0.164 e. The zero-order valence-corrected chi connectivity index (χ0v) is 39.9. The summed E-state index contributed by atoms with van der Waals surface area (Å²) in [6.45, 7) is 2.16. The number of hydrogen-bond donors (Lipinski definition) is 0. The molecule has 7 nitrogen and oxygen atoms in total. The van der Waals surface area contributed by atoms with Crippen LogP contribution in [-0.2, 0) is 5.60 Å². The van der Waals surface area contributed by atoms with E-state index in [4.69, 9.17) is 34.6 Å². The zero-order chi connectivity index (χ0) is 47.3. The molecule has 71 heavy (non-hydrogen) atoms. The van der Waals surface area contributed by atoms with Crippen molar-refractivity contribution in [2.75, 3.05) is 0 Å². The molecule has 0 bridgehead atoms. The van der Waals surface area contributed by atoms with Crippen LogP contribution in [0, 0.1) is 0 Å². The van der Waals surface area contributed by atoms with Crippen molar-refractivity contribution in [1.29, 1.82) is 0 Å². The molecule has 11 aromatic rings. The second kappa shape index (κ2) is 17.8. The highest BCUT2D eigenvalue weighted by atomic mass is 32.2. The summed E-state index contributed by atoms with van der Waals surface area (Å²) in [4.78, 5) is 36.1. The van der Waals surface area contributed by atoms with E-state index in [9.17, 15) is 0 Å². The van der Waals surface area contributed by atoms with Gasteiger partial charge in [0.15, 0.2) is 40.5 Å². The second-order valence-electron chi connectivity index (χ2n) is 17.5. The van der Waals surface area contributed by atoms with Gasteiger partial charge in [-0.3, -0.25) is 0 Å². The van der Waals surface area contributed by atoms with E-state index < -0.39 is 5.60 Å². The minimum atomic E-state index is -0.730. The first-order chi connectivity index (χ1) is 35.0. The van der Waals surface area contributed by atoms with E-state index in [-0.39, 0.29) is 0 Å². The Morgan fingerprint density at radius 3 is 1.35 bits per heavy atom. The van der Waals surface area contributed by atoms with Gasteiger partial charge in [0.2, 0.25) is 0 Å². The first-order valence-electron chi connectivity index (χ1n) is 23.4. The van der Waals surface area contributed by atoms with Crippen molar-refractivity contribution in [1.82, 2.24) is 29.9 Å². The SMILES string of the molecule is CC1(c2ccccc2)Oc2cc(-c3ccc(-c4nc(-c5ccccc5)nc(-c5ccc6c(c5)Sc5ccccc5S6)n4)cc3-c3nc(-c4ccccc4)nc(-c4ccccc4)n3)ccc2-c2ccccc21. The quantitative estimate of drug-likeness (QED) is 0.148. The predicted molar refractivity (Wildman–Crippen MR) is 285 cm³/mol. The molecule has 2 aliphatic rings. The monoisotopic (exact) mass is 948 g/mol. The van der Waals surface area contributed by atoms with Gasteiger partial charge >= 0.3 is 0 Å². The van der Waals surface area contributed by atoms with Gasteiger partial charge in [-0.2, -0.15) is 0 Å². The molecule has 1 unspecified atom stereocenters. The summed E-state index contributed by atoms with van der Waals surface area (Å²) in [6, 6.07) is 77.0. The number of nitrogens with zero attached hydrogens (tertiary/aromatic N) is 6. The Morgan fingerprint density at radius 1 is 0.310 bits per heavy atom. The van der Waals surface area contributed by atoms with E-state index in [1.807, 2.05) is 97.1 Å². The Bertz CT molecular complexity index is 3760. The molecule has 4 heterocycles. The van der Waals surface area contributed by atoms with Crippen molar-refractivity contribution < 1.29 is 4.74 Å². The van der Waals surface area contributed by atoms with Gasteiger partial charge in [-0.15, -0.1) is 0 Å². The molecular formula is C62H40N6OS2. The summed E-state index contributed by atoms with van der Waals surface area (Å²) >= 11 is 3.56. The predicted octanol–water partition coefficient (Wildman–Crippen LogP) is 15.7. The lowest BCUT2D eigenvalue weighted by Crippen LogP contribution is -2.34. The molecule has 336 valence electrons. The van der Waals surface area contributed by atoms with E-state index in [1.54, 1.807) is 23.5 Å². The van der Waals surface area contributed by atoms with Crippen LogP contribution in [0.15, 0.2) is 244 Å². The standard InChI is InChI=1S/C62H40N6OS2/c1-62(45-24-12-5-13-25-45)50-27-15-14-26-47(50)48-34-30-42(37-51(48)69-62)46-33-31-43(36-49(46)61-67-57(40-20-8-3-9-21-40)63-58(68-61)41-22-10-4-11-23-41)59-64-56(39-18-6-2-7-19-39)65-60(66-59)44-32-35-54-55(38-44)71-53-29-17-16-28-52(53)70-54/h2-38H,1H3. The lowest BCUT2D eigenvalue weighted by Gasteiger charge is -2.38. The van der Waals surface area contributed by atoms with Gasteiger partial charge in [-0.1, -0.05) is 206 Å². The number of fused-ring (bicyclic) bond motifs is 5. The molecular weight excluding hydrogens is 909 g/mol. The lowest BCUT2D eigenvalue weighted by molar-refractivity contribution is 0.129. The topological polar surface area (TPSA) is 86.6 Å². The van der Waals surface area contributed by atoms with Crippen LogP contribution in [-0.4, -0.2) is 29.9 Å². The van der Waals surface area contributed by atoms with Crippen LogP contribution >= 0.6 is 23.5 Å². The van der Waals surface area contributed by atoms with Crippen LogP contribution in [0.25, 0.3) is 90.6 Å². The summed E-state index contributed by atoms with van der Waals surface area (Å²) in [5, 5.41) is 0. The fraction of sp³-hybridized carbons (Fsp3) is 0.0323. The molecule has 0 N–H and O–H groups in total. The molecule has 0 aliphatic carbocycles. The van der Waals surface area contributed by atoms with Gasteiger partial charge in [-0.05, 0) is 71.6 Å². The van der Waals surface area contributed by atoms with Gasteiger partial charge in [0.1, 0.15) is 5.75 Å². The molecule has 0 spiro atoms. The molecule has 9 aromatic carbocycles. The third-order valence-electron chi connectivity index (χ3n) is 13.0. The van der Waals surface area contributed by atoms with Crippen molar-refractivity contribution in [2.24, 2.45) is 0 Å². The Kier molecular flexibility index (Phi) is 10.7. The Balaban J connectivity index is 1.01. The molecule has 0 saturated heterocycles. The second-order valence-corrected chi connectivity index (χ2v) is 19.7. The van der Waals surface area contributed by atoms with Gasteiger partial charge in [0.05, 0.1) is 0 Å². The molecule has 2 aliphatic heterocycles. The zero-order valence-electron chi connectivity index (χ0n) is 38.3. The van der Waals surface area contributed by atoms with Crippen molar-refractivity contribution in [3.05, 3.63) is 236 Å². The first kappa shape index (κ1) is 42.6. The number of ether oxygens (including phenoxy) is 1. The molecule has 2 aromatic heterocycles. The van der Waals surface area contributed by atoms with Gasteiger partial charge in [0, 0.05) is 64.1 Å². The van der Waals surface area contributed by atoms with Crippen molar-refractivity contribution in [3.63, 3.8) is 0 Å². The summed E-state index contributed by atoms with van der Waals surface area (Å²) in [7, 11) is 0. The highest BCUT2D eigenvalue weighted by molar-refractivity contribution is 8.05. The van der Waals surface area contributed by atoms with Gasteiger partial charge in [0.25, 0.3) is 0 Å². The van der Waals surface area contributed by atoms with Crippen LogP contribution in [0.5, 0.6) is 5.75 Å². The van der Waals surface area contributed by atoms with E-state index in [1.165, 1.54) is 19.6 Å². The Morgan fingerprint density at radius 2 is 0.746 bits per heavy atom. The van der Waals surface area contributed by atoms with Crippen LogP contribution in [0.4, 0.5) is 0 Å². The molecule has 1 atom stereocenters. The van der Waals surface area contributed by atoms with Crippen molar-refractivity contribution in [3.8, 4) is 96.3 Å². The molecule has 9 heteroatoms. The number of aromatic nitrogens is 6. The average Bonchev–Trinajstić information content (AvgIpc) is 3.45. The van der Waals surface area contributed by atoms with Crippen molar-refractivity contribution in [2.45, 2.75) is 32.1 Å². The number of rotatable bonds is 8. The first-order valence-corrected chi connectivity index (χ1v) is 25.1. The maximum absolute atomic E-state index is 7.18. The molecule has 0 saturated carbocycles.